The molecule has 0 amide bonds. The van der Waals surface area contributed by atoms with E-state index >= 15 is 8.78 Å². The smallest absolute Gasteiger partial charge is 0.397 e. The Balaban J connectivity index is 1.69. The van der Waals surface area contributed by atoms with Gasteiger partial charge in [-0.3, -0.25) is 4.79 Å². The number of hydrogen-bond acceptors (Lipinski definition) is 5. The molecule has 12 heteroatoms. The van der Waals surface area contributed by atoms with Crippen molar-refractivity contribution in [3.05, 3.63) is 0 Å². The molecular formula is C29H45F7O5. The third kappa shape index (κ3) is 8.94. The molecule has 0 saturated heterocycles. The number of hydrogen-bond donors (Lipinski definition) is 0. The summed E-state index contributed by atoms with van der Waals surface area (Å²) < 4.78 is 122. The zero-order valence-electron chi connectivity index (χ0n) is 24.1. The van der Waals surface area contributed by atoms with Gasteiger partial charge in [0.2, 0.25) is 0 Å². The highest BCUT2D eigenvalue weighted by Crippen LogP contribution is 2.46. The lowest BCUT2D eigenvalue weighted by atomic mass is 9.66. The summed E-state index contributed by atoms with van der Waals surface area (Å²) in [7, 11) is 0. The van der Waals surface area contributed by atoms with Crippen LogP contribution in [0.15, 0.2) is 0 Å². The van der Waals surface area contributed by atoms with Gasteiger partial charge in [0.15, 0.2) is 0 Å². The van der Waals surface area contributed by atoms with Gasteiger partial charge in [-0.05, 0) is 38.0 Å². The number of ether oxygens (including phenoxy) is 4. The summed E-state index contributed by atoms with van der Waals surface area (Å²) in [6.45, 7) is 7.44. The van der Waals surface area contributed by atoms with E-state index in [0.717, 1.165) is 19.3 Å². The van der Waals surface area contributed by atoms with Gasteiger partial charge in [-0.2, -0.15) is 13.2 Å². The summed E-state index contributed by atoms with van der Waals surface area (Å²) >= 11 is 0. The van der Waals surface area contributed by atoms with Crippen molar-refractivity contribution >= 4 is 5.97 Å². The van der Waals surface area contributed by atoms with Crippen LogP contribution in [0, 0.1) is 23.7 Å². The minimum absolute atomic E-state index is 0.116. The van der Waals surface area contributed by atoms with E-state index < -0.39 is 73.5 Å². The quantitative estimate of drug-likeness (QED) is 0.176. The van der Waals surface area contributed by atoms with Crippen molar-refractivity contribution in [3.63, 3.8) is 0 Å². The van der Waals surface area contributed by atoms with Crippen molar-refractivity contribution in [2.45, 2.75) is 134 Å². The van der Waals surface area contributed by atoms with Crippen LogP contribution in [0.5, 0.6) is 0 Å². The van der Waals surface area contributed by atoms with Crippen molar-refractivity contribution in [2.24, 2.45) is 23.7 Å². The van der Waals surface area contributed by atoms with Crippen molar-refractivity contribution in [3.8, 4) is 0 Å². The Kier molecular flexibility index (Phi) is 13.0. The average Bonchev–Trinajstić information content (AvgIpc) is 2.87. The first kappa shape index (κ1) is 34.4. The normalized spacial score (nSPS) is 40.3. The van der Waals surface area contributed by atoms with Crippen LogP contribution in [-0.2, 0) is 23.7 Å². The van der Waals surface area contributed by atoms with Gasteiger partial charge < -0.3 is 18.9 Å². The fraction of sp³-hybridized carbons (Fsp3) is 0.966. The highest BCUT2D eigenvalue weighted by Gasteiger charge is 2.56. The lowest BCUT2D eigenvalue weighted by molar-refractivity contribution is -0.224. The maximum absolute atomic E-state index is 15.5. The van der Waals surface area contributed by atoms with Gasteiger partial charge >= 0.3 is 12.1 Å². The van der Waals surface area contributed by atoms with E-state index in [9.17, 15) is 26.7 Å². The Morgan fingerprint density at radius 3 is 1.56 bits per heavy atom. The summed E-state index contributed by atoms with van der Waals surface area (Å²) in [6, 6.07) is 0. The predicted molar refractivity (Wildman–Crippen MR) is 137 cm³/mol. The molecule has 3 saturated carbocycles. The Bertz CT molecular complexity index is 760. The number of alkyl halides is 7. The van der Waals surface area contributed by atoms with Crippen molar-refractivity contribution < 1.29 is 54.5 Å². The average molecular weight is 607 g/mol. The van der Waals surface area contributed by atoms with E-state index in [4.69, 9.17) is 18.9 Å². The lowest BCUT2D eigenvalue weighted by Gasteiger charge is -2.47. The molecule has 0 spiro atoms. The van der Waals surface area contributed by atoms with Crippen LogP contribution in [-0.4, -0.2) is 81.1 Å². The molecule has 3 rings (SSSR count). The molecule has 0 aromatic rings. The Labute approximate surface area is 238 Å². The fourth-order valence-corrected chi connectivity index (χ4v) is 6.76. The molecule has 5 nitrogen and oxygen atoms in total. The van der Waals surface area contributed by atoms with Gasteiger partial charge in [-0.15, -0.1) is 0 Å². The van der Waals surface area contributed by atoms with E-state index in [1.165, 1.54) is 0 Å². The summed E-state index contributed by atoms with van der Waals surface area (Å²) in [5.74, 6) is -6.79. The molecule has 41 heavy (non-hydrogen) atoms. The van der Waals surface area contributed by atoms with Crippen LogP contribution in [0.1, 0.15) is 78.6 Å². The Hall–Kier alpha value is -1.14. The van der Waals surface area contributed by atoms with Crippen molar-refractivity contribution in [1.29, 1.82) is 0 Å². The van der Waals surface area contributed by atoms with Gasteiger partial charge in [0.25, 0.3) is 0 Å². The highest BCUT2D eigenvalue weighted by molar-refractivity contribution is 5.74. The second-order valence-corrected chi connectivity index (χ2v) is 11.8. The topological polar surface area (TPSA) is 54.0 Å². The first-order valence-electron chi connectivity index (χ1n) is 15.1. The van der Waals surface area contributed by atoms with E-state index in [-0.39, 0.29) is 37.1 Å². The number of esters is 1. The molecule has 0 aromatic heterocycles. The first-order chi connectivity index (χ1) is 19.4. The molecule has 240 valence electrons. The molecule has 3 fully saturated rings. The second kappa shape index (κ2) is 15.5. The van der Waals surface area contributed by atoms with Crippen LogP contribution >= 0.6 is 0 Å². The minimum Gasteiger partial charge on any atom is -0.462 e. The largest absolute Gasteiger partial charge is 0.462 e. The van der Waals surface area contributed by atoms with E-state index in [1.54, 1.807) is 0 Å². The van der Waals surface area contributed by atoms with Gasteiger partial charge in [0.05, 0.1) is 18.3 Å². The number of carbonyl (C=O) groups is 1. The maximum Gasteiger partial charge on any atom is 0.397 e. The second-order valence-electron chi connectivity index (χ2n) is 11.8. The molecular weight excluding hydrogens is 561 g/mol. The maximum atomic E-state index is 15.5. The molecule has 0 radical (unpaired) electrons. The van der Waals surface area contributed by atoms with E-state index in [1.807, 2.05) is 20.8 Å². The van der Waals surface area contributed by atoms with Gasteiger partial charge in [0, 0.05) is 51.4 Å². The molecule has 6 unspecified atom stereocenters. The van der Waals surface area contributed by atoms with Crippen LogP contribution < -0.4 is 0 Å². The molecule has 3 aliphatic carbocycles. The van der Waals surface area contributed by atoms with Crippen LogP contribution in [0.25, 0.3) is 0 Å². The summed E-state index contributed by atoms with van der Waals surface area (Å²) in [6.07, 6.45) is -15.2. The van der Waals surface area contributed by atoms with Gasteiger partial charge in [-0.25, -0.2) is 17.6 Å². The molecule has 0 heterocycles. The number of rotatable bonds is 12. The Morgan fingerprint density at radius 2 is 1.12 bits per heavy atom. The monoisotopic (exact) mass is 606 g/mol. The lowest BCUT2D eigenvalue weighted by Crippen LogP contribution is -2.53. The molecule has 0 aromatic carbocycles. The zero-order valence-corrected chi connectivity index (χ0v) is 24.1. The van der Waals surface area contributed by atoms with E-state index in [2.05, 4.69) is 0 Å². The summed E-state index contributed by atoms with van der Waals surface area (Å²) in [4.78, 5) is 12.8. The van der Waals surface area contributed by atoms with E-state index in [0.29, 0.717) is 32.7 Å². The molecule has 0 bridgehead atoms. The molecule has 0 aliphatic heterocycles. The minimum atomic E-state index is -5.08. The summed E-state index contributed by atoms with van der Waals surface area (Å²) in [5, 5.41) is 0. The molecule has 3 aliphatic rings. The summed E-state index contributed by atoms with van der Waals surface area (Å²) in [5.41, 5.74) is 0. The zero-order chi connectivity index (χ0) is 30.3. The van der Waals surface area contributed by atoms with Crippen LogP contribution in [0.3, 0.4) is 0 Å². The molecule has 6 atom stereocenters. The van der Waals surface area contributed by atoms with Gasteiger partial charge in [-0.1, -0.05) is 20.8 Å². The third-order valence-electron chi connectivity index (χ3n) is 8.55. The first-order valence-corrected chi connectivity index (χ1v) is 15.1. The van der Waals surface area contributed by atoms with Crippen molar-refractivity contribution in [2.75, 3.05) is 19.8 Å². The van der Waals surface area contributed by atoms with Crippen molar-refractivity contribution in [1.82, 2.24) is 0 Å². The number of halogens is 7. The number of carbonyl (C=O) groups excluding carboxylic acids is 1. The van der Waals surface area contributed by atoms with Gasteiger partial charge in [0.1, 0.15) is 42.6 Å². The van der Waals surface area contributed by atoms with Crippen LogP contribution in [0.4, 0.5) is 30.7 Å². The Morgan fingerprint density at radius 1 is 0.659 bits per heavy atom. The third-order valence-corrected chi connectivity index (χ3v) is 8.55. The van der Waals surface area contributed by atoms with Crippen LogP contribution in [0.2, 0.25) is 0 Å². The highest BCUT2D eigenvalue weighted by atomic mass is 19.4. The molecule has 0 N–H and O–H groups in total. The standard InChI is InChI=1S/C29H45F7O5/c1-4-7-38-17-14-23(39-8-5-2)25(24(15-17)40-9-6-3)16-10-19(30)26(20(31)11-16)28(37)41-18-12-21(32)27(22(33)13-18)29(34,35)36/h16-27H,4-15H2,1-3H3. The predicted octanol–water partition coefficient (Wildman–Crippen LogP) is 7.04. The SMILES string of the molecule is CCCOC1CC(OCCC)C(C2CC(F)C(C(=O)OC3CC(F)C(C(F)(F)F)C(F)C3)C(F)C2)C(OCCC)C1. The fourth-order valence-electron chi connectivity index (χ4n) is 6.76.